The fraction of sp³-hybridized carbons (Fsp3) is 0.714. The monoisotopic (exact) mass is 253 g/mol. The lowest BCUT2D eigenvalue weighted by molar-refractivity contribution is -0.119. The lowest BCUT2D eigenvalue weighted by atomic mass is 9.82. The van der Waals surface area contributed by atoms with E-state index >= 15 is 0 Å². The minimum absolute atomic E-state index is 0.00996. The van der Waals surface area contributed by atoms with Crippen LogP contribution >= 0.6 is 0 Å². The van der Waals surface area contributed by atoms with Gasteiger partial charge in [-0.3, -0.25) is 4.79 Å². The number of rotatable bonds is 3. The van der Waals surface area contributed by atoms with Gasteiger partial charge in [0.25, 0.3) is 0 Å². The Morgan fingerprint density at radius 1 is 1.28 bits per heavy atom. The molecular weight excluding hydrogens is 230 g/mol. The van der Waals surface area contributed by atoms with E-state index in [9.17, 15) is 9.59 Å². The number of amides is 1. The second kappa shape index (κ2) is 6.03. The van der Waals surface area contributed by atoms with Gasteiger partial charge in [-0.05, 0) is 39.7 Å². The van der Waals surface area contributed by atoms with Gasteiger partial charge in [-0.25, -0.2) is 4.79 Å². The first-order valence-corrected chi connectivity index (χ1v) is 6.49. The number of allylic oxidation sites excluding steroid dienone is 1. The molecule has 102 valence electrons. The molecule has 0 radical (unpaired) electrons. The van der Waals surface area contributed by atoms with Crippen LogP contribution in [0, 0.1) is 5.92 Å². The van der Waals surface area contributed by atoms with E-state index in [2.05, 4.69) is 11.9 Å². The summed E-state index contributed by atoms with van der Waals surface area (Å²) in [6.45, 7) is 8.97. The normalized spacial score (nSPS) is 24.2. The van der Waals surface area contributed by atoms with Crippen molar-refractivity contribution in [1.29, 1.82) is 0 Å². The highest BCUT2D eigenvalue weighted by Gasteiger charge is 2.31. The van der Waals surface area contributed by atoms with Gasteiger partial charge in [0.1, 0.15) is 5.60 Å². The molecule has 4 heteroatoms. The smallest absolute Gasteiger partial charge is 0.407 e. The van der Waals surface area contributed by atoms with E-state index in [4.69, 9.17) is 4.74 Å². The lowest BCUT2D eigenvalue weighted by Crippen LogP contribution is -2.46. The number of nitrogens with one attached hydrogen (secondary N) is 1. The van der Waals surface area contributed by atoms with Crippen LogP contribution in [0.15, 0.2) is 12.7 Å². The van der Waals surface area contributed by atoms with Crippen molar-refractivity contribution in [3.63, 3.8) is 0 Å². The minimum atomic E-state index is -0.517. The molecule has 2 atom stereocenters. The molecule has 0 aromatic rings. The number of carbonyl (C=O) groups excluding carboxylic acids is 2. The average molecular weight is 253 g/mol. The molecule has 1 amide bonds. The third kappa shape index (κ3) is 4.51. The molecule has 1 aliphatic carbocycles. The Balaban J connectivity index is 2.59. The van der Waals surface area contributed by atoms with E-state index < -0.39 is 11.7 Å². The van der Waals surface area contributed by atoms with Crippen LogP contribution in [0.4, 0.5) is 4.79 Å². The fourth-order valence-electron chi connectivity index (χ4n) is 2.25. The standard InChI is InChI=1S/C14H23NO3/c1-5-12(16)10-8-6-7-9-11(10)15-13(17)18-14(2,3)4/h5,10-11H,1,6-9H2,2-4H3,(H,15,17)/t10-,11+/m0/s1. The zero-order chi connectivity index (χ0) is 13.8. The molecule has 4 nitrogen and oxygen atoms in total. The maximum atomic E-state index is 11.7. The molecule has 18 heavy (non-hydrogen) atoms. The van der Waals surface area contributed by atoms with Gasteiger partial charge < -0.3 is 10.1 Å². The highest BCUT2D eigenvalue weighted by Crippen LogP contribution is 2.25. The van der Waals surface area contributed by atoms with Gasteiger partial charge >= 0.3 is 6.09 Å². The van der Waals surface area contributed by atoms with E-state index in [1.54, 1.807) is 0 Å². The molecule has 0 spiro atoms. The molecule has 1 rings (SSSR count). The molecular formula is C14H23NO3. The number of alkyl carbamates (subject to hydrolysis) is 1. The van der Waals surface area contributed by atoms with Gasteiger partial charge in [0.05, 0.1) is 0 Å². The lowest BCUT2D eigenvalue weighted by Gasteiger charge is -2.31. The van der Waals surface area contributed by atoms with Crippen LogP contribution in [0.5, 0.6) is 0 Å². The summed E-state index contributed by atoms with van der Waals surface area (Å²) in [6, 6.07) is -0.126. The van der Waals surface area contributed by atoms with Crippen molar-refractivity contribution in [3.05, 3.63) is 12.7 Å². The quantitative estimate of drug-likeness (QED) is 0.787. The van der Waals surface area contributed by atoms with Crippen molar-refractivity contribution >= 4 is 11.9 Å². The molecule has 1 fully saturated rings. The van der Waals surface area contributed by atoms with E-state index in [0.29, 0.717) is 0 Å². The largest absolute Gasteiger partial charge is 0.444 e. The first-order valence-electron chi connectivity index (χ1n) is 6.49. The molecule has 0 aromatic carbocycles. The van der Waals surface area contributed by atoms with Gasteiger partial charge in [-0.1, -0.05) is 19.4 Å². The Morgan fingerprint density at radius 2 is 1.89 bits per heavy atom. The van der Waals surface area contributed by atoms with Crippen LogP contribution in [-0.2, 0) is 9.53 Å². The maximum absolute atomic E-state index is 11.7. The number of carbonyl (C=O) groups is 2. The van der Waals surface area contributed by atoms with Crippen molar-refractivity contribution in [1.82, 2.24) is 5.32 Å². The summed E-state index contributed by atoms with van der Waals surface area (Å²) < 4.78 is 5.21. The highest BCUT2D eigenvalue weighted by atomic mass is 16.6. The summed E-state index contributed by atoms with van der Waals surface area (Å²) in [6.07, 6.45) is 4.59. The van der Waals surface area contributed by atoms with Crippen LogP contribution in [0.3, 0.4) is 0 Å². The number of hydrogen-bond donors (Lipinski definition) is 1. The van der Waals surface area contributed by atoms with Gasteiger partial charge in [0.15, 0.2) is 5.78 Å². The molecule has 0 saturated heterocycles. The molecule has 1 saturated carbocycles. The van der Waals surface area contributed by atoms with Gasteiger partial charge in [0.2, 0.25) is 0 Å². The van der Waals surface area contributed by atoms with Gasteiger partial charge in [-0.15, -0.1) is 0 Å². The second-order valence-corrected chi connectivity index (χ2v) is 5.75. The minimum Gasteiger partial charge on any atom is -0.444 e. The Morgan fingerprint density at radius 3 is 2.44 bits per heavy atom. The summed E-state index contributed by atoms with van der Waals surface area (Å²) in [5, 5.41) is 2.81. The van der Waals surface area contributed by atoms with Crippen molar-refractivity contribution in [3.8, 4) is 0 Å². The third-order valence-corrected chi connectivity index (χ3v) is 3.03. The van der Waals surface area contributed by atoms with E-state index in [1.807, 2.05) is 20.8 Å². The van der Waals surface area contributed by atoms with Crippen LogP contribution < -0.4 is 5.32 Å². The Hall–Kier alpha value is -1.32. The Labute approximate surface area is 109 Å². The molecule has 0 aliphatic heterocycles. The molecule has 0 unspecified atom stereocenters. The van der Waals surface area contributed by atoms with E-state index in [0.717, 1.165) is 25.7 Å². The van der Waals surface area contributed by atoms with Crippen molar-refractivity contribution in [2.24, 2.45) is 5.92 Å². The first-order chi connectivity index (χ1) is 8.33. The molecule has 0 bridgehead atoms. The number of ether oxygens (including phenoxy) is 1. The first kappa shape index (κ1) is 14.7. The second-order valence-electron chi connectivity index (χ2n) is 5.75. The van der Waals surface area contributed by atoms with Gasteiger partial charge in [-0.2, -0.15) is 0 Å². The summed E-state index contributed by atoms with van der Waals surface area (Å²) in [5.41, 5.74) is -0.517. The van der Waals surface area contributed by atoms with E-state index in [-0.39, 0.29) is 17.7 Å². The molecule has 0 heterocycles. The Bertz CT molecular complexity index is 330. The topological polar surface area (TPSA) is 55.4 Å². The van der Waals surface area contributed by atoms with Crippen molar-refractivity contribution in [2.45, 2.75) is 58.1 Å². The predicted octanol–water partition coefficient (Wildman–Crippen LogP) is 2.83. The van der Waals surface area contributed by atoms with Crippen LogP contribution in [0.1, 0.15) is 46.5 Å². The average Bonchev–Trinajstić information content (AvgIpc) is 2.26. The van der Waals surface area contributed by atoms with E-state index in [1.165, 1.54) is 6.08 Å². The van der Waals surface area contributed by atoms with Crippen molar-refractivity contribution in [2.75, 3.05) is 0 Å². The molecule has 1 N–H and O–H groups in total. The molecule has 1 aliphatic rings. The maximum Gasteiger partial charge on any atom is 0.407 e. The summed E-state index contributed by atoms with van der Waals surface area (Å²) in [7, 11) is 0. The number of hydrogen-bond acceptors (Lipinski definition) is 3. The zero-order valence-corrected chi connectivity index (χ0v) is 11.5. The van der Waals surface area contributed by atoms with Crippen LogP contribution in [0.2, 0.25) is 0 Å². The van der Waals surface area contributed by atoms with Crippen LogP contribution in [-0.4, -0.2) is 23.5 Å². The highest BCUT2D eigenvalue weighted by molar-refractivity contribution is 5.92. The zero-order valence-electron chi connectivity index (χ0n) is 11.5. The summed E-state index contributed by atoms with van der Waals surface area (Å²) in [4.78, 5) is 23.4. The van der Waals surface area contributed by atoms with Crippen LogP contribution in [0.25, 0.3) is 0 Å². The predicted molar refractivity (Wildman–Crippen MR) is 70.3 cm³/mol. The Kier molecular flexibility index (Phi) is 4.93. The summed E-state index contributed by atoms with van der Waals surface area (Å²) >= 11 is 0. The van der Waals surface area contributed by atoms with Crippen molar-refractivity contribution < 1.29 is 14.3 Å². The molecule has 0 aromatic heterocycles. The number of ketones is 1. The summed E-state index contributed by atoms with van der Waals surface area (Å²) in [5.74, 6) is -0.139. The third-order valence-electron chi connectivity index (χ3n) is 3.03. The fourth-order valence-corrected chi connectivity index (χ4v) is 2.25. The van der Waals surface area contributed by atoms with Gasteiger partial charge in [0, 0.05) is 12.0 Å². The SMILES string of the molecule is C=CC(=O)[C@H]1CCCC[C@H]1NC(=O)OC(C)(C)C.